The van der Waals surface area contributed by atoms with Gasteiger partial charge in [-0.3, -0.25) is 4.79 Å². The minimum Gasteiger partial charge on any atom is -0.619 e. The normalized spacial score (nSPS) is 17.0. The zero-order chi connectivity index (χ0) is 33.9. The second-order valence-electron chi connectivity index (χ2n) is 11.1. The van der Waals surface area contributed by atoms with Gasteiger partial charge in [-0.05, 0) is 61.4 Å². The molecule has 0 radical (unpaired) electrons. The van der Waals surface area contributed by atoms with Crippen molar-refractivity contribution in [3.8, 4) is 23.0 Å². The van der Waals surface area contributed by atoms with E-state index >= 15 is 0 Å². The number of sulfonamides is 1. The topological polar surface area (TPSA) is 128 Å². The number of alkyl halides is 2. The van der Waals surface area contributed by atoms with Crippen molar-refractivity contribution in [3.05, 3.63) is 75.2 Å². The van der Waals surface area contributed by atoms with Crippen LogP contribution in [0.25, 0.3) is 0 Å². The molecule has 0 bridgehead atoms. The lowest BCUT2D eigenvalue weighted by molar-refractivity contribution is -0.605. The summed E-state index contributed by atoms with van der Waals surface area (Å²) in [5, 5.41) is 11.9. The van der Waals surface area contributed by atoms with Crippen LogP contribution in [0.2, 0.25) is 10.0 Å². The number of pyridine rings is 1. The maximum Gasteiger partial charge on any atom is 0.387 e. The average Bonchev–Trinajstić information content (AvgIpc) is 3.72. The predicted molar refractivity (Wildman–Crippen MR) is 176 cm³/mol. The van der Waals surface area contributed by atoms with Gasteiger partial charge in [0.15, 0.2) is 35.4 Å². The van der Waals surface area contributed by atoms with Gasteiger partial charge in [-0.1, -0.05) is 29.3 Å². The lowest BCUT2D eigenvalue weighted by Crippen LogP contribution is -2.41. The highest BCUT2D eigenvalue weighted by Crippen LogP contribution is 2.39. The van der Waals surface area contributed by atoms with Crippen LogP contribution in [0.4, 0.5) is 8.78 Å². The van der Waals surface area contributed by atoms with Crippen molar-refractivity contribution in [3.63, 3.8) is 0 Å². The molecule has 262 valence electrons. The van der Waals surface area contributed by atoms with E-state index in [0.717, 1.165) is 29.5 Å². The molecular weight excluding hydrogens is 717 g/mol. The van der Waals surface area contributed by atoms with Crippen molar-refractivity contribution in [2.75, 3.05) is 27.4 Å². The Balaban J connectivity index is 0.00000520. The van der Waals surface area contributed by atoms with Gasteiger partial charge in [0.1, 0.15) is 22.2 Å². The van der Waals surface area contributed by atoms with Crippen LogP contribution in [-0.4, -0.2) is 58.7 Å². The summed E-state index contributed by atoms with van der Waals surface area (Å²) in [7, 11) is -1.39. The molecule has 17 heteroatoms. The van der Waals surface area contributed by atoms with E-state index in [1.54, 1.807) is 0 Å². The maximum absolute atomic E-state index is 13.8. The third kappa shape index (κ3) is 8.67. The van der Waals surface area contributed by atoms with Gasteiger partial charge >= 0.3 is 12.6 Å². The van der Waals surface area contributed by atoms with Gasteiger partial charge in [-0.15, -0.1) is 0 Å². The minimum absolute atomic E-state index is 0. The fraction of sp³-hybridized carbons (Fsp3) is 0.419. The number of carbonyl (C=O) groups excluding carboxylic acids is 1. The Bertz CT molecular complexity index is 1710. The molecular formula is C31H34Cl2F2N2O9S2. The first kappa shape index (κ1) is 37.6. The Morgan fingerprint density at radius 2 is 1.67 bits per heavy atom. The average molecular weight is 752 g/mol. The second-order valence-corrected chi connectivity index (χ2v) is 13.8. The number of rotatable bonds is 14. The molecule has 5 rings (SSSR count). The van der Waals surface area contributed by atoms with E-state index in [1.165, 1.54) is 50.6 Å². The smallest absolute Gasteiger partial charge is 0.387 e. The summed E-state index contributed by atoms with van der Waals surface area (Å²) in [6, 6.07) is 7.05. The van der Waals surface area contributed by atoms with Crippen LogP contribution in [0.3, 0.4) is 0 Å². The summed E-state index contributed by atoms with van der Waals surface area (Å²) in [4.78, 5) is 13.7. The van der Waals surface area contributed by atoms with E-state index in [2.05, 4.69) is 4.74 Å². The molecule has 3 aromatic rings. The maximum atomic E-state index is 13.8. The SMILES string of the molecule is COc1ccc(S(=O)(=O)N2CCC[C@H]2C(=O)O[C@@H](Cc2c(Cl)c[n+]([O-])cc2Cl)c2ccc(OC(F)F)c(OCC3CC3)c2)cc1OC.S. The number of esters is 1. The molecule has 11 nitrogen and oxygen atoms in total. The van der Waals surface area contributed by atoms with Crippen LogP contribution in [-0.2, 0) is 26.0 Å². The number of nitrogens with zero attached hydrogens (tertiary/aromatic N) is 2. The molecule has 1 aromatic heterocycles. The van der Waals surface area contributed by atoms with Crippen molar-refractivity contribution >= 4 is 52.7 Å². The largest absolute Gasteiger partial charge is 0.619 e. The molecule has 2 atom stereocenters. The molecule has 0 amide bonds. The Hall–Kier alpha value is -3.24. The van der Waals surface area contributed by atoms with Crippen LogP contribution < -0.4 is 23.7 Å². The van der Waals surface area contributed by atoms with Crippen molar-refractivity contribution in [2.45, 2.75) is 55.8 Å². The van der Waals surface area contributed by atoms with Gasteiger partial charge < -0.3 is 28.9 Å². The summed E-state index contributed by atoms with van der Waals surface area (Å²) in [6.07, 6.45) is 3.32. The van der Waals surface area contributed by atoms with Gasteiger partial charge in [0, 0.05) is 24.6 Å². The lowest BCUT2D eigenvalue weighted by atomic mass is 10.0. The van der Waals surface area contributed by atoms with E-state index < -0.39 is 34.7 Å². The van der Waals surface area contributed by atoms with E-state index in [-0.39, 0.29) is 83.2 Å². The molecule has 0 spiro atoms. The Labute approximate surface area is 293 Å². The summed E-state index contributed by atoms with van der Waals surface area (Å²) in [5.74, 6) is -0.238. The zero-order valence-electron chi connectivity index (χ0n) is 25.9. The molecule has 1 aliphatic heterocycles. The third-order valence-corrected chi connectivity index (χ3v) is 10.4. The first-order chi connectivity index (χ1) is 22.4. The standard InChI is InChI=1S/C31H32Cl2F2N2O9S.H2S/c1-42-25-10-8-20(13-28(25)43-2)47(40,41)37-11-3-4-24(37)30(38)45-27(14-21-22(32)15-36(39)16-23(21)33)19-7-9-26(46-31(34)35)29(12-19)44-17-18-5-6-18;/h7-10,12-13,15-16,18,24,27,31H,3-6,11,14,17H2,1-2H3;1H2/t24-,27-;/m0./s1. The number of hydrogen-bond acceptors (Lipinski definition) is 9. The molecule has 2 fully saturated rings. The van der Waals surface area contributed by atoms with Gasteiger partial charge in [0.2, 0.25) is 10.0 Å². The zero-order valence-corrected chi connectivity index (χ0v) is 29.2. The molecule has 1 aliphatic carbocycles. The lowest BCUT2D eigenvalue weighted by Gasteiger charge is -2.26. The van der Waals surface area contributed by atoms with E-state index in [0.29, 0.717) is 22.5 Å². The van der Waals surface area contributed by atoms with Gasteiger partial charge in [-0.25, -0.2) is 8.42 Å². The first-order valence-electron chi connectivity index (χ1n) is 14.6. The monoisotopic (exact) mass is 750 g/mol. The molecule has 0 N–H and O–H groups in total. The second kappa shape index (κ2) is 16.0. The molecule has 1 saturated heterocycles. The number of methoxy groups -OCH3 is 2. The highest BCUT2D eigenvalue weighted by Gasteiger charge is 2.42. The molecule has 48 heavy (non-hydrogen) atoms. The highest BCUT2D eigenvalue weighted by atomic mass is 35.5. The van der Waals surface area contributed by atoms with Gasteiger partial charge in [0.25, 0.3) is 0 Å². The van der Waals surface area contributed by atoms with Crippen LogP contribution in [0.1, 0.15) is 42.9 Å². The molecule has 1 saturated carbocycles. The number of aromatic nitrogens is 1. The molecule has 2 aromatic carbocycles. The molecule has 2 aliphatic rings. The fourth-order valence-electron chi connectivity index (χ4n) is 5.26. The van der Waals surface area contributed by atoms with Crippen molar-refractivity contribution in [2.24, 2.45) is 5.92 Å². The van der Waals surface area contributed by atoms with Crippen LogP contribution >= 0.6 is 36.7 Å². The summed E-state index contributed by atoms with van der Waals surface area (Å²) < 4.78 is 82.3. The van der Waals surface area contributed by atoms with Crippen LogP contribution in [0.15, 0.2) is 53.7 Å². The number of hydrogen-bond donors (Lipinski definition) is 0. The van der Waals surface area contributed by atoms with E-state index in [9.17, 15) is 27.2 Å². The number of ether oxygens (including phenoxy) is 5. The quantitative estimate of drug-likeness (QED) is 0.114. The summed E-state index contributed by atoms with van der Waals surface area (Å²) in [5.41, 5.74) is 0.580. The van der Waals surface area contributed by atoms with E-state index in [1.807, 2.05) is 0 Å². The first-order valence-corrected chi connectivity index (χ1v) is 16.8. The number of halogens is 4. The predicted octanol–water partition coefficient (Wildman–Crippen LogP) is 5.83. The number of carbonyl (C=O) groups is 1. The Morgan fingerprint density at radius 1 is 1.00 bits per heavy atom. The van der Waals surface area contributed by atoms with Crippen LogP contribution in [0, 0.1) is 11.1 Å². The number of benzene rings is 2. The summed E-state index contributed by atoms with van der Waals surface area (Å²) >= 11 is 12.7. The van der Waals surface area contributed by atoms with Crippen LogP contribution in [0.5, 0.6) is 23.0 Å². The Kier molecular flexibility index (Phi) is 12.5. The third-order valence-electron chi connectivity index (χ3n) is 7.87. The fourth-order valence-corrected chi connectivity index (χ4v) is 7.52. The molecule has 0 unspecified atom stereocenters. The molecule has 2 heterocycles. The van der Waals surface area contributed by atoms with Crippen molar-refractivity contribution < 1.29 is 50.4 Å². The Morgan fingerprint density at radius 3 is 2.29 bits per heavy atom. The van der Waals surface area contributed by atoms with E-state index in [4.69, 9.17) is 42.1 Å². The minimum atomic E-state index is -4.19. The van der Waals surface area contributed by atoms with Gasteiger partial charge in [-0.2, -0.15) is 31.3 Å². The van der Waals surface area contributed by atoms with Gasteiger partial charge in [0.05, 0.1) is 25.7 Å². The highest BCUT2D eigenvalue weighted by molar-refractivity contribution is 7.89. The summed E-state index contributed by atoms with van der Waals surface area (Å²) in [6.45, 7) is -2.78. The van der Waals surface area contributed by atoms with Crippen molar-refractivity contribution in [1.29, 1.82) is 0 Å². The van der Waals surface area contributed by atoms with Crippen molar-refractivity contribution in [1.82, 2.24) is 4.31 Å².